The van der Waals surface area contributed by atoms with Crippen LogP contribution >= 0.6 is 11.6 Å². The highest BCUT2D eigenvalue weighted by atomic mass is 35.5. The molecule has 2 N–H and O–H groups in total. The van der Waals surface area contributed by atoms with Crippen LogP contribution in [-0.2, 0) is 23.6 Å². The van der Waals surface area contributed by atoms with E-state index in [-0.39, 0.29) is 25.3 Å². The Hall–Kier alpha value is -3.09. The number of carbonyl (C=O) groups is 1. The standard InChI is InChI=1S/C22H19ClF6N6O/c23-11-3-4-14-13(9-11)12-5-7-35(15(16(12)31-14)8-10-2-1-6-30-17(10)36)20-33-18(21(24,25)26)32-19(34-20)22(27,28)29/h3-4,9-10,15,31H,1-2,5-8H2,(H,30,36)/t10-,15+/m0/s1. The second kappa shape index (κ2) is 8.79. The minimum Gasteiger partial charge on any atom is -0.356 e. The Morgan fingerprint density at radius 2 is 1.75 bits per heavy atom. The lowest BCUT2D eigenvalue weighted by atomic mass is 9.86. The van der Waals surface area contributed by atoms with Crippen LogP contribution in [0.2, 0.25) is 5.02 Å². The molecule has 0 bridgehead atoms. The van der Waals surface area contributed by atoms with Crippen molar-refractivity contribution in [3.8, 4) is 0 Å². The zero-order valence-electron chi connectivity index (χ0n) is 18.5. The van der Waals surface area contributed by atoms with Gasteiger partial charge in [0.15, 0.2) is 0 Å². The molecule has 4 heterocycles. The molecule has 0 aliphatic carbocycles. The molecular formula is C22H19ClF6N6O. The summed E-state index contributed by atoms with van der Waals surface area (Å²) in [5.74, 6) is -5.30. The van der Waals surface area contributed by atoms with Gasteiger partial charge in [-0.25, -0.2) is 4.98 Å². The van der Waals surface area contributed by atoms with Crippen LogP contribution in [0, 0.1) is 5.92 Å². The quantitative estimate of drug-likeness (QED) is 0.460. The number of H-pyrrole nitrogens is 1. The molecule has 1 saturated heterocycles. The Morgan fingerprint density at radius 3 is 2.39 bits per heavy atom. The van der Waals surface area contributed by atoms with Crippen LogP contribution in [0.4, 0.5) is 32.3 Å². The van der Waals surface area contributed by atoms with Gasteiger partial charge in [0.25, 0.3) is 0 Å². The first-order chi connectivity index (χ1) is 16.9. The second-order valence-electron chi connectivity index (χ2n) is 8.81. The van der Waals surface area contributed by atoms with E-state index in [0.717, 1.165) is 10.9 Å². The van der Waals surface area contributed by atoms with Crippen molar-refractivity contribution >= 4 is 34.4 Å². The average molecular weight is 533 g/mol. The average Bonchev–Trinajstić information content (AvgIpc) is 3.17. The van der Waals surface area contributed by atoms with E-state index in [4.69, 9.17) is 11.6 Å². The van der Waals surface area contributed by atoms with Gasteiger partial charge >= 0.3 is 12.4 Å². The summed E-state index contributed by atoms with van der Waals surface area (Å²) in [6, 6.07) is 4.39. The first kappa shape index (κ1) is 24.6. The third-order valence-electron chi connectivity index (χ3n) is 6.51. The summed E-state index contributed by atoms with van der Waals surface area (Å²) >= 11 is 6.16. The number of aromatic nitrogens is 4. The molecule has 7 nitrogen and oxygen atoms in total. The summed E-state index contributed by atoms with van der Waals surface area (Å²) < 4.78 is 80.6. The van der Waals surface area contributed by atoms with Gasteiger partial charge in [0, 0.05) is 40.6 Å². The van der Waals surface area contributed by atoms with E-state index in [1.54, 1.807) is 18.2 Å². The third kappa shape index (κ3) is 4.56. The fraction of sp³-hybridized carbons (Fsp3) is 0.455. The van der Waals surface area contributed by atoms with Crippen LogP contribution in [0.5, 0.6) is 0 Å². The Morgan fingerprint density at radius 1 is 1.06 bits per heavy atom. The molecule has 0 radical (unpaired) electrons. The highest BCUT2D eigenvalue weighted by Gasteiger charge is 2.44. The van der Waals surface area contributed by atoms with Gasteiger partial charge in [-0.3, -0.25) is 4.79 Å². The Balaban J connectivity index is 1.65. The molecular weight excluding hydrogens is 514 g/mol. The van der Waals surface area contributed by atoms with Crippen LogP contribution in [-0.4, -0.2) is 38.9 Å². The van der Waals surface area contributed by atoms with Crippen molar-refractivity contribution in [2.24, 2.45) is 5.92 Å². The first-order valence-corrected chi connectivity index (χ1v) is 11.5. The summed E-state index contributed by atoms with van der Waals surface area (Å²) in [4.78, 5) is 26.5. The molecule has 0 saturated carbocycles. The summed E-state index contributed by atoms with van der Waals surface area (Å²) in [6.45, 7) is 0.543. The molecule has 1 aromatic carbocycles. The monoisotopic (exact) mass is 532 g/mol. The number of anilines is 1. The largest absolute Gasteiger partial charge is 0.451 e. The van der Waals surface area contributed by atoms with Gasteiger partial charge in [0.05, 0.1) is 6.04 Å². The van der Waals surface area contributed by atoms with E-state index in [9.17, 15) is 31.1 Å². The maximum absolute atomic E-state index is 13.4. The third-order valence-corrected chi connectivity index (χ3v) is 6.74. The number of nitrogens with one attached hydrogen (secondary N) is 2. The highest BCUT2D eigenvalue weighted by molar-refractivity contribution is 6.31. The number of nitrogens with zero attached hydrogens (tertiary/aromatic N) is 4. The number of fused-ring (bicyclic) bond motifs is 3. The maximum atomic E-state index is 13.4. The molecule has 0 unspecified atom stereocenters. The Bertz CT molecular complexity index is 1290. The van der Waals surface area contributed by atoms with Crippen LogP contribution in [0.15, 0.2) is 18.2 Å². The van der Waals surface area contributed by atoms with Crippen LogP contribution in [0.3, 0.4) is 0 Å². The van der Waals surface area contributed by atoms with Gasteiger partial charge in [-0.1, -0.05) is 11.6 Å². The van der Waals surface area contributed by atoms with Crippen molar-refractivity contribution in [1.29, 1.82) is 0 Å². The lowest BCUT2D eigenvalue weighted by molar-refractivity contribution is -0.155. The zero-order valence-corrected chi connectivity index (χ0v) is 19.2. The van der Waals surface area contributed by atoms with Crippen molar-refractivity contribution in [3.63, 3.8) is 0 Å². The van der Waals surface area contributed by atoms with Gasteiger partial charge in [-0.05, 0) is 49.4 Å². The number of halogens is 7. The number of hydrogen-bond acceptors (Lipinski definition) is 5. The van der Waals surface area contributed by atoms with E-state index in [2.05, 4.69) is 25.3 Å². The molecule has 2 aromatic heterocycles. The molecule has 14 heteroatoms. The molecule has 3 aromatic rings. The van der Waals surface area contributed by atoms with Gasteiger partial charge < -0.3 is 15.2 Å². The van der Waals surface area contributed by atoms with Crippen molar-refractivity contribution < 1.29 is 31.1 Å². The Labute approximate surface area is 205 Å². The number of rotatable bonds is 3. The minimum atomic E-state index is -5.21. The number of piperidine rings is 1. The predicted octanol–water partition coefficient (Wildman–Crippen LogP) is 5.06. The van der Waals surface area contributed by atoms with Crippen molar-refractivity contribution in [2.75, 3.05) is 18.0 Å². The van der Waals surface area contributed by atoms with E-state index >= 15 is 0 Å². The van der Waals surface area contributed by atoms with Gasteiger partial charge in [-0.2, -0.15) is 36.3 Å². The maximum Gasteiger partial charge on any atom is 0.451 e. The number of amides is 1. The topological polar surface area (TPSA) is 86.8 Å². The van der Waals surface area contributed by atoms with Crippen molar-refractivity contribution in [1.82, 2.24) is 25.3 Å². The van der Waals surface area contributed by atoms with Crippen LogP contribution in [0.25, 0.3) is 10.9 Å². The first-order valence-electron chi connectivity index (χ1n) is 11.2. The van der Waals surface area contributed by atoms with E-state index in [1.807, 2.05) is 0 Å². The molecule has 2 aliphatic rings. The van der Waals surface area contributed by atoms with Crippen LogP contribution < -0.4 is 10.2 Å². The van der Waals surface area contributed by atoms with Crippen molar-refractivity contribution in [2.45, 2.75) is 44.1 Å². The summed E-state index contributed by atoms with van der Waals surface area (Å²) in [6.07, 6.45) is -8.74. The normalized spacial score (nSPS) is 21.0. The fourth-order valence-corrected chi connectivity index (χ4v) is 5.07. The predicted molar refractivity (Wildman–Crippen MR) is 117 cm³/mol. The molecule has 1 amide bonds. The number of alkyl halides is 6. The number of carbonyl (C=O) groups excluding carboxylic acids is 1. The van der Waals surface area contributed by atoms with E-state index in [0.29, 0.717) is 35.6 Å². The number of aromatic amines is 1. The Kier molecular flexibility index (Phi) is 6.00. The SMILES string of the molecule is O=C1NCCC[C@H]1C[C@@H]1c2[nH]c3ccc(Cl)cc3c2CCN1c1nc(C(F)(F)F)nc(C(F)(F)F)n1. The molecule has 0 spiro atoms. The molecule has 2 aliphatic heterocycles. The van der Waals surface area contributed by atoms with Gasteiger partial charge in [0.1, 0.15) is 0 Å². The molecule has 5 rings (SSSR count). The van der Waals surface area contributed by atoms with E-state index in [1.165, 1.54) is 4.90 Å². The summed E-state index contributed by atoms with van der Waals surface area (Å²) in [5.41, 5.74) is 2.14. The molecule has 192 valence electrons. The second-order valence-corrected chi connectivity index (χ2v) is 9.25. The molecule has 1 fully saturated rings. The lowest BCUT2D eigenvalue weighted by Crippen LogP contribution is -2.42. The molecule has 36 heavy (non-hydrogen) atoms. The fourth-order valence-electron chi connectivity index (χ4n) is 4.90. The van der Waals surface area contributed by atoms with Gasteiger partial charge in [-0.15, -0.1) is 0 Å². The summed E-state index contributed by atoms with van der Waals surface area (Å²) in [7, 11) is 0. The minimum absolute atomic E-state index is 0.0318. The zero-order chi connectivity index (χ0) is 25.8. The number of benzene rings is 1. The number of hydrogen-bond donors (Lipinski definition) is 2. The molecule has 2 atom stereocenters. The van der Waals surface area contributed by atoms with Crippen molar-refractivity contribution in [3.05, 3.63) is 46.1 Å². The highest BCUT2D eigenvalue weighted by Crippen LogP contribution is 2.42. The van der Waals surface area contributed by atoms with Gasteiger partial charge in [0.2, 0.25) is 23.5 Å². The lowest BCUT2D eigenvalue weighted by Gasteiger charge is -2.38. The summed E-state index contributed by atoms with van der Waals surface area (Å²) in [5, 5.41) is 4.06. The van der Waals surface area contributed by atoms with Crippen LogP contribution in [0.1, 0.15) is 48.2 Å². The van der Waals surface area contributed by atoms with E-state index < -0.39 is 41.9 Å². The smallest absolute Gasteiger partial charge is 0.356 e.